The summed E-state index contributed by atoms with van der Waals surface area (Å²) in [5, 5.41) is 14.0. The van der Waals surface area contributed by atoms with Crippen LogP contribution in [0.25, 0.3) is 0 Å². The molecular formula is C19H18ClNO2S. The largest absolute Gasteiger partial charge is 0.478 e. The van der Waals surface area contributed by atoms with Crippen LogP contribution in [0, 0.1) is 5.92 Å². The van der Waals surface area contributed by atoms with E-state index in [9.17, 15) is 4.79 Å². The van der Waals surface area contributed by atoms with Gasteiger partial charge in [0.25, 0.3) is 0 Å². The number of nitrogens with one attached hydrogen (secondary N) is 1. The zero-order chi connectivity index (χ0) is 16.7. The first-order chi connectivity index (χ1) is 11.6. The Morgan fingerprint density at radius 2 is 2.00 bits per heavy atom. The maximum atomic E-state index is 11.1. The van der Waals surface area contributed by atoms with Gasteiger partial charge in [0.05, 0.1) is 11.6 Å². The molecule has 2 heterocycles. The minimum atomic E-state index is -0.885. The fourth-order valence-corrected chi connectivity index (χ4v) is 5.49. The minimum Gasteiger partial charge on any atom is -0.478 e. The van der Waals surface area contributed by atoms with Gasteiger partial charge in [-0.1, -0.05) is 23.7 Å². The van der Waals surface area contributed by atoms with Crippen molar-refractivity contribution >= 4 is 35.0 Å². The average Bonchev–Trinajstić information content (AvgIpc) is 2.61. The number of anilines is 1. The predicted molar refractivity (Wildman–Crippen MR) is 99.1 cm³/mol. The topological polar surface area (TPSA) is 49.3 Å². The van der Waals surface area contributed by atoms with Gasteiger partial charge in [0.2, 0.25) is 0 Å². The molecule has 2 aromatic rings. The first kappa shape index (κ1) is 15.9. The van der Waals surface area contributed by atoms with E-state index in [1.807, 2.05) is 30.0 Å². The van der Waals surface area contributed by atoms with E-state index < -0.39 is 5.97 Å². The Hall–Kier alpha value is -1.65. The van der Waals surface area contributed by atoms with E-state index in [-0.39, 0.29) is 6.04 Å². The van der Waals surface area contributed by atoms with Gasteiger partial charge >= 0.3 is 5.97 Å². The molecule has 0 spiro atoms. The third-order valence-electron chi connectivity index (χ3n) is 4.94. The molecule has 5 heteroatoms. The molecular weight excluding hydrogens is 342 g/mol. The third-order valence-corrected chi connectivity index (χ3v) is 6.67. The van der Waals surface area contributed by atoms with Crippen LogP contribution in [0.1, 0.15) is 45.6 Å². The van der Waals surface area contributed by atoms with E-state index in [0.717, 1.165) is 16.3 Å². The number of hydrogen-bond donors (Lipinski definition) is 2. The molecule has 0 aromatic heterocycles. The summed E-state index contributed by atoms with van der Waals surface area (Å²) in [6.45, 7) is 0. The quantitative estimate of drug-likeness (QED) is 0.754. The number of halogens is 1. The van der Waals surface area contributed by atoms with Crippen molar-refractivity contribution in [3.8, 4) is 0 Å². The van der Waals surface area contributed by atoms with Gasteiger partial charge in [0, 0.05) is 16.0 Å². The SMILES string of the molecule is O=C(O)c1ccc([C@H]2Nc3ccc(Cl)cc3[C@@H]3SCCC[C@H]23)cc1. The van der Waals surface area contributed by atoms with Crippen molar-refractivity contribution in [1.82, 2.24) is 0 Å². The van der Waals surface area contributed by atoms with Crippen molar-refractivity contribution in [2.45, 2.75) is 24.1 Å². The molecule has 0 radical (unpaired) electrons. The lowest BCUT2D eigenvalue weighted by atomic mass is 9.80. The van der Waals surface area contributed by atoms with Gasteiger partial charge in [-0.15, -0.1) is 0 Å². The van der Waals surface area contributed by atoms with E-state index in [0.29, 0.717) is 16.7 Å². The molecule has 0 saturated carbocycles. The lowest BCUT2D eigenvalue weighted by Gasteiger charge is -2.43. The van der Waals surface area contributed by atoms with Crippen LogP contribution in [0.4, 0.5) is 5.69 Å². The van der Waals surface area contributed by atoms with Crippen molar-refractivity contribution in [1.29, 1.82) is 0 Å². The Balaban J connectivity index is 1.73. The third kappa shape index (κ3) is 2.78. The van der Waals surface area contributed by atoms with Crippen molar-refractivity contribution < 1.29 is 9.90 Å². The Morgan fingerprint density at radius 3 is 2.75 bits per heavy atom. The van der Waals surface area contributed by atoms with Crippen molar-refractivity contribution in [2.75, 3.05) is 11.1 Å². The number of thioether (sulfide) groups is 1. The summed E-state index contributed by atoms with van der Waals surface area (Å²) in [5.41, 5.74) is 3.92. The second kappa shape index (κ2) is 6.34. The molecule has 2 aliphatic heterocycles. The van der Waals surface area contributed by atoms with E-state index >= 15 is 0 Å². The van der Waals surface area contributed by atoms with Gasteiger partial charge in [-0.2, -0.15) is 11.8 Å². The maximum Gasteiger partial charge on any atom is 0.335 e. The minimum absolute atomic E-state index is 0.208. The normalized spacial score (nSPS) is 25.3. The molecule has 0 amide bonds. The zero-order valence-corrected chi connectivity index (χ0v) is 14.6. The van der Waals surface area contributed by atoms with Crippen LogP contribution in [0.2, 0.25) is 5.02 Å². The highest BCUT2D eigenvalue weighted by Crippen LogP contribution is 2.54. The predicted octanol–water partition coefficient (Wildman–Crippen LogP) is 5.39. The highest BCUT2D eigenvalue weighted by Gasteiger charge is 2.39. The molecule has 124 valence electrons. The average molecular weight is 360 g/mol. The monoisotopic (exact) mass is 359 g/mol. The smallest absolute Gasteiger partial charge is 0.335 e. The Kier molecular flexibility index (Phi) is 4.19. The summed E-state index contributed by atoms with van der Waals surface area (Å²) in [6, 6.07) is 13.6. The van der Waals surface area contributed by atoms with Crippen LogP contribution < -0.4 is 5.32 Å². The number of aromatic carboxylic acids is 1. The molecule has 1 saturated heterocycles. The van der Waals surface area contributed by atoms with Crippen molar-refractivity contribution in [3.63, 3.8) is 0 Å². The second-order valence-corrected chi connectivity index (χ2v) is 8.06. The van der Waals surface area contributed by atoms with E-state index in [1.165, 1.54) is 24.2 Å². The molecule has 0 bridgehead atoms. The van der Waals surface area contributed by atoms with E-state index in [2.05, 4.69) is 17.4 Å². The molecule has 3 atom stereocenters. The second-order valence-electron chi connectivity index (χ2n) is 6.38. The number of carbonyl (C=O) groups is 1. The Labute approximate surface area is 150 Å². The fraction of sp³-hybridized carbons (Fsp3) is 0.316. The number of fused-ring (bicyclic) bond motifs is 3. The summed E-state index contributed by atoms with van der Waals surface area (Å²) >= 11 is 8.23. The summed E-state index contributed by atoms with van der Waals surface area (Å²) in [7, 11) is 0. The van der Waals surface area contributed by atoms with Gasteiger partial charge in [-0.05, 0) is 66.0 Å². The number of hydrogen-bond acceptors (Lipinski definition) is 3. The lowest BCUT2D eigenvalue weighted by molar-refractivity contribution is 0.0697. The maximum absolute atomic E-state index is 11.1. The highest BCUT2D eigenvalue weighted by molar-refractivity contribution is 7.99. The highest BCUT2D eigenvalue weighted by atomic mass is 35.5. The Morgan fingerprint density at radius 1 is 1.21 bits per heavy atom. The number of carboxylic acids is 1. The summed E-state index contributed by atoms with van der Waals surface area (Å²) in [6.07, 6.45) is 2.38. The van der Waals surface area contributed by atoms with E-state index in [1.54, 1.807) is 12.1 Å². The Bertz CT molecular complexity index is 777. The summed E-state index contributed by atoms with van der Waals surface area (Å²) < 4.78 is 0. The standard InChI is InChI=1S/C19H18ClNO2S/c20-13-7-8-16-15(10-13)18-14(2-1-9-24-18)17(21-16)11-3-5-12(6-4-11)19(22)23/h3-8,10,14,17-18,21H,1-2,9H2,(H,22,23)/t14-,17-,18-/m1/s1. The van der Waals surface area contributed by atoms with E-state index in [4.69, 9.17) is 16.7 Å². The van der Waals surface area contributed by atoms with Crippen molar-refractivity contribution in [2.24, 2.45) is 5.92 Å². The molecule has 0 unspecified atom stereocenters. The summed E-state index contributed by atoms with van der Waals surface area (Å²) in [5.74, 6) is 0.785. The zero-order valence-electron chi connectivity index (χ0n) is 13.0. The molecule has 4 rings (SSSR count). The van der Waals surface area contributed by atoms with Crippen LogP contribution in [0.3, 0.4) is 0 Å². The lowest BCUT2D eigenvalue weighted by Crippen LogP contribution is -2.32. The molecule has 0 aliphatic carbocycles. The van der Waals surface area contributed by atoms with Crippen molar-refractivity contribution in [3.05, 3.63) is 64.2 Å². The van der Waals surface area contributed by atoms with Gasteiger partial charge in [-0.25, -0.2) is 4.79 Å². The van der Waals surface area contributed by atoms with Gasteiger partial charge in [0.15, 0.2) is 0 Å². The first-order valence-corrected chi connectivity index (χ1v) is 9.57. The molecule has 24 heavy (non-hydrogen) atoms. The summed E-state index contributed by atoms with van der Waals surface area (Å²) in [4.78, 5) is 11.1. The van der Waals surface area contributed by atoms with Crippen LogP contribution in [0.15, 0.2) is 42.5 Å². The molecule has 2 N–H and O–H groups in total. The molecule has 3 nitrogen and oxygen atoms in total. The van der Waals surface area contributed by atoms with Gasteiger partial charge < -0.3 is 10.4 Å². The molecule has 1 fully saturated rings. The molecule has 2 aliphatic rings. The number of carboxylic acid groups (broad SMARTS) is 1. The van der Waals surface area contributed by atoms with Crippen LogP contribution in [0.5, 0.6) is 0 Å². The number of benzene rings is 2. The van der Waals surface area contributed by atoms with Crippen LogP contribution in [-0.2, 0) is 0 Å². The molecule has 2 aromatic carbocycles. The van der Waals surface area contributed by atoms with Gasteiger partial charge in [0.1, 0.15) is 0 Å². The first-order valence-electron chi connectivity index (χ1n) is 8.14. The van der Waals surface area contributed by atoms with Crippen LogP contribution >= 0.6 is 23.4 Å². The fourth-order valence-electron chi connectivity index (χ4n) is 3.80. The number of rotatable bonds is 2. The van der Waals surface area contributed by atoms with Gasteiger partial charge in [-0.3, -0.25) is 0 Å². The van der Waals surface area contributed by atoms with Crippen LogP contribution in [-0.4, -0.2) is 16.8 Å².